The first kappa shape index (κ1) is 21.1. The normalized spacial score (nSPS) is 21.3. The summed E-state index contributed by atoms with van der Waals surface area (Å²) in [5.74, 6) is -0.963. The molecular formula is C25H25F2N3O2S. The van der Waals surface area contributed by atoms with Gasteiger partial charge in [0, 0.05) is 31.2 Å². The van der Waals surface area contributed by atoms with Crippen LogP contribution in [0.2, 0.25) is 0 Å². The van der Waals surface area contributed by atoms with Crippen molar-refractivity contribution in [3.63, 3.8) is 0 Å². The van der Waals surface area contributed by atoms with Crippen molar-refractivity contribution in [2.45, 2.75) is 43.9 Å². The maximum absolute atomic E-state index is 15.0. The third-order valence-corrected chi connectivity index (χ3v) is 8.03. The third-order valence-electron chi connectivity index (χ3n) is 7.22. The molecule has 5 nitrogen and oxygen atoms in total. The molecule has 3 fully saturated rings. The number of ether oxygens (including phenoxy) is 1. The molecule has 172 valence electrons. The van der Waals surface area contributed by atoms with Crippen LogP contribution in [-0.2, 0) is 16.1 Å². The van der Waals surface area contributed by atoms with Crippen molar-refractivity contribution < 1.29 is 18.3 Å². The van der Waals surface area contributed by atoms with E-state index in [9.17, 15) is 13.6 Å². The van der Waals surface area contributed by atoms with Gasteiger partial charge in [-0.2, -0.15) is 0 Å². The van der Waals surface area contributed by atoms with Crippen LogP contribution in [0.5, 0.6) is 0 Å². The molecule has 3 aliphatic rings. The SMILES string of the molecule is O=C1COC2(CCN(Cc3c(F)cc(-c4ccc5scnc5c4)cc3F)CC2)CN1C1CC1. The molecule has 0 atom stereocenters. The van der Waals surface area contributed by atoms with Crippen LogP contribution < -0.4 is 0 Å². The van der Waals surface area contributed by atoms with Gasteiger partial charge in [-0.3, -0.25) is 9.69 Å². The van der Waals surface area contributed by atoms with Gasteiger partial charge in [0.2, 0.25) is 5.91 Å². The van der Waals surface area contributed by atoms with Crippen molar-refractivity contribution in [3.8, 4) is 11.1 Å². The lowest BCUT2D eigenvalue weighted by molar-refractivity contribution is -0.172. The number of thiazole rings is 1. The van der Waals surface area contributed by atoms with E-state index in [4.69, 9.17) is 4.74 Å². The number of hydrogen-bond donors (Lipinski definition) is 0. The highest BCUT2D eigenvalue weighted by Gasteiger charge is 2.46. The number of morpholine rings is 1. The number of carbonyl (C=O) groups is 1. The summed E-state index contributed by atoms with van der Waals surface area (Å²) in [5.41, 5.74) is 3.65. The summed E-state index contributed by atoms with van der Waals surface area (Å²) in [6.07, 6.45) is 3.69. The van der Waals surface area contributed by atoms with Gasteiger partial charge in [0.25, 0.3) is 0 Å². The number of amides is 1. The van der Waals surface area contributed by atoms with Gasteiger partial charge in [-0.05, 0) is 61.1 Å². The molecule has 1 spiro atoms. The van der Waals surface area contributed by atoms with Crippen LogP contribution in [0.1, 0.15) is 31.2 Å². The van der Waals surface area contributed by atoms with E-state index in [0.29, 0.717) is 31.2 Å². The Kier molecular flexibility index (Phi) is 5.19. The Bertz CT molecular complexity index is 1190. The van der Waals surface area contributed by atoms with Gasteiger partial charge in [0.15, 0.2) is 0 Å². The summed E-state index contributed by atoms with van der Waals surface area (Å²) >= 11 is 1.54. The Labute approximate surface area is 195 Å². The summed E-state index contributed by atoms with van der Waals surface area (Å²) in [4.78, 5) is 20.5. The maximum atomic E-state index is 15.0. The van der Waals surface area contributed by atoms with E-state index in [-0.39, 0.29) is 30.2 Å². The molecule has 2 aliphatic heterocycles. The Morgan fingerprint density at radius 1 is 1.09 bits per heavy atom. The number of nitrogens with zero attached hydrogens (tertiary/aromatic N) is 3. The van der Waals surface area contributed by atoms with Gasteiger partial charge >= 0.3 is 0 Å². The second-order valence-corrected chi connectivity index (χ2v) is 10.3. The molecule has 2 aromatic carbocycles. The first-order valence-electron chi connectivity index (χ1n) is 11.5. The number of rotatable bonds is 4. The van der Waals surface area contributed by atoms with Crippen molar-refractivity contribution in [3.05, 3.63) is 53.0 Å². The molecule has 0 unspecified atom stereocenters. The minimum Gasteiger partial charge on any atom is -0.363 e. The Hall–Kier alpha value is -2.42. The minimum atomic E-state index is -0.525. The Morgan fingerprint density at radius 2 is 1.85 bits per heavy atom. The molecule has 33 heavy (non-hydrogen) atoms. The fourth-order valence-electron chi connectivity index (χ4n) is 5.06. The maximum Gasteiger partial charge on any atom is 0.248 e. The third kappa shape index (κ3) is 4.05. The highest BCUT2D eigenvalue weighted by Crippen LogP contribution is 2.37. The second-order valence-electron chi connectivity index (χ2n) is 9.45. The fourth-order valence-corrected chi connectivity index (χ4v) is 5.72. The van der Waals surface area contributed by atoms with Crippen LogP contribution in [0.15, 0.2) is 35.8 Å². The van der Waals surface area contributed by atoms with E-state index in [0.717, 1.165) is 41.5 Å². The van der Waals surface area contributed by atoms with E-state index in [2.05, 4.69) is 9.88 Å². The summed E-state index contributed by atoms with van der Waals surface area (Å²) < 4.78 is 37.0. The molecule has 0 bridgehead atoms. The van der Waals surface area contributed by atoms with E-state index < -0.39 is 11.6 Å². The van der Waals surface area contributed by atoms with Crippen LogP contribution in [0.4, 0.5) is 8.78 Å². The summed E-state index contributed by atoms with van der Waals surface area (Å²) in [5, 5.41) is 0. The van der Waals surface area contributed by atoms with Crippen LogP contribution in [0.25, 0.3) is 21.3 Å². The number of halogens is 2. The zero-order chi connectivity index (χ0) is 22.6. The van der Waals surface area contributed by atoms with Crippen molar-refractivity contribution in [2.75, 3.05) is 26.2 Å². The van der Waals surface area contributed by atoms with Gasteiger partial charge in [-0.25, -0.2) is 13.8 Å². The molecular weight excluding hydrogens is 444 g/mol. The van der Waals surface area contributed by atoms with Gasteiger partial charge in [-0.1, -0.05) is 6.07 Å². The first-order chi connectivity index (χ1) is 16.0. The topological polar surface area (TPSA) is 45.7 Å². The standard InChI is InChI=1S/C25H25F2N3O2S/c26-20-9-17(16-1-4-23-22(11-16)28-15-33-23)10-21(27)19(20)12-29-7-5-25(6-8-29)14-30(18-2-3-18)24(31)13-32-25/h1,4,9-11,15,18H,2-3,5-8,12-14H2. The smallest absolute Gasteiger partial charge is 0.248 e. The molecule has 6 rings (SSSR count). The zero-order valence-corrected chi connectivity index (χ0v) is 19.0. The van der Waals surface area contributed by atoms with Crippen LogP contribution in [0.3, 0.4) is 0 Å². The summed E-state index contributed by atoms with van der Waals surface area (Å²) in [7, 11) is 0. The van der Waals surface area contributed by atoms with Gasteiger partial charge in [-0.15, -0.1) is 11.3 Å². The average molecular weight is 470 g/mol. The molecule has 8 heteroatoms. The molecule has 3 aromatic rings. The first-order valence-corrected chi connectivity index (χ1v) is 12.3. The lowest BCUT2D eigenvalue weighted by atomic mass is 9.89. The van der Waals surface area contributed by atoms with Gasteiger partial charge in [0.1, 0.15) is 18.2 Å². The predicted octanol–water partition coefficient (Wildman–Crippen LogP) is 4.60. The Morgan fingerprint density at radius 3 is 2.58 bits per heavy atom. The number of aromatic nitrogens is 1. The zero-order valence-electron chi connectivity index (χ0n) is 18.2. The van der Waals surface area contributed by atoms with Crippen LogP contribution >= 0.6 is 11.3 Å². The quantitative estimate of drug-likeness (QED) is 0.561. The predicted molar refractivity (Wildman–Crippen MR) is 123 cm³/mol. The molecule has 1 aromatic heterocycles. The Balaban J connectivity index is 1.15. The van der Waals surface area contributed by atoms with Crippen molar-refractivity contribution >= 4 is 27.5 Å². The molecule has 2 saturated heterocycles. The van der Waals surface area contributed by atoms with E-state index in [1.54, 1.807) is 5.51 Å². The van der Waals surface area contributed by atoms with Gasteiger partial charge < -0.3 is 9.64 Å². The molecule has 1 amide bonds. The van der Waals surface area contributed by atoms with Gasteiger partial charge in [0.05, 0.1) is 27.9 Å². The molecule has 1 aliphatic carbocycles. The number of likely N-dealkylation sites (tertiary alicyclic amines) is 1. The number of hydrogen-bond acceptors (Lipinski definition) is 5. The largest absolute Gasteiger partial charge is 0.363 e. The number of carbonyl (C=O) groups excluding carboxylic acids is 1. The van der Waals surface area contributed by atoms with E-state index >= 15 is 0 Å². The fraction of sp³-hybridized carbons (Fsp3) is 0.440. The average Bonchev–Trinajstić information content (AvgIpc) is 3.55. The molecule has 1 saturated carbocycles. The van der Waals surface area contributed by atoms with Crippen molar-refractivity contribution in [1.29, 1.82) is 0 Å². The van der Waals surface area contributed by atoms with Crippen molar-refractivity contribution in [1.82, 2.24) is 14.8 Å². The second kappa shape index (κ2) is 8.11. The lowest BCUT2D eigenvalue weighted by Crippen LogP contribution is -2.59. The molecule has 0 N–H and O–H groups in total. The number of fused-ring (bicyclic) bond motifs is 1. The minimum absolute atomic E-state index is 0.0868. The highest BCUT2D eigenvalue weighted by atomic mass is 32.1. The molecule has 0 radical (unpaired) electrons. The number of benzene rings is 2. The highest BCUT2D eigenvalue weighted by molar-refractivity contribution is 7.16. The van der Waals surface area contributed by atoms with Crippen LogP contribution in [-0.4, -0.2) is 58.6 Å². The monoisotopic (exact) mass is 469 g/mol. The van der Waals surface area contributed by atoms with Crippen LogP contribution in [0, 0.1) is 11.6 Å². The lowest BCUT2D eigenvalue weighted by Gasteiger charge is -2.47. The summed E-state index contributed by atoms with van der Waals surface area (Å²) in [6.45, 7) is 2.39. The van der Waals surface area contributed by atoms with E-state index in [1.807, 2.05) is 23.1 Å². The summed E-state index contributed by atoms with van der Waals surface area (Å²) in [6, 6.07) is 8.89. The van der Waals surface area contributed by atoms with Crippen molar-refractivity contribution in [2.24, 2.45) is 0 Å². The number of piperidine rings is 1. The van der Waals surface area contributed by atoms with E-state index in [1.165, 1.54) is 23.5 Å². The molecule has 3 heterocycles.